The van der Waals surface area contributed by atoms with Crippen LogP contribution in [0.3, 0.4) is 0 Å². The van der Waals surface area contributed by atoms with Crippen molar-refractivity contribution >= 4 is 34.6 Å². The second-order valence-electron chi connectivity index (χ2n) is 4.13. The number of nitro groups is 1. The number of anilines is 1. The molecule has 1 N–H and O–H groups in total. The molecular formula is C13H8Cl2F2N2O2. The van der Waals surface area contributed by atoms with E-state index in [1.54, 1.807) is 0 Å². The number of non-ortho nitro benzene ring substituents is 1. The number of rotatable bonds is 4. The van der Waals surface area contributed by atoms with E-state index >= 15 is 0 Å². The summed E-state index contributed by atoms with van der Waals surface area (Å²) in [5.41, 5.74) is 0.160. The Morgan fingerprint density at radius 3 is 2.48 bits per heavy atom. The molecule has 0 saturated heterocycles. The highest BCUT2D eigenvalue weighted by Gasteiger charge is 2.13. The Hall–Kier alpha value is -1.92. The number of nitrogens with zero attached hydrogens (tertiary/aromatic N) is 1. The van der Waals surface area contributed by atoms with Gasteiger partial charge in [0.25, 0.3) is 5.69 Å². The minimum atomic E-state index is -0.860. The van der Waals surface area contributed by atoms with Crippen LogP contribution in [0.4, 0.5) is 20.2 Å². The van der Waals surface area contributed by atoms with E-state index in [0.717, 1.165) is 6.07 Å². The first-order chi connectivity index (χ1) is 9.88. The normalized spacial score (nSPS) is 10.5. The van der Waals surface area contributed by atoms with Gasteiger partial charge in [0.1, 0.15) is 5.82 Å². The van der Waals surface area contributed by atoms with E-state index in [1.165, 1.54) is 18.2 Å². The van der Waals surface area contributed by atoms with Crippen LogP contribution in [0.5, 0.6) is 0 Å². The van der Waals surface area contributed by atoms with Crippen LogP contribution in [0.25, 0.3) is 0 Å². The monoisotopic (exact) mass is 332 g/mol. The van der Waals surface area contributed by atoms with Gasteiger partial charge < -0.3 is 5.32 Å². The summed E-state index contributed by atoms with van der Waals surface area (Å²) in [5, 5.41) is 13.5. The Morgan fingerprint density at radius 1 is 1.14 bits per heavy atom. The van der Waals surface area contributed by atoms with Crippen LogP contribution in [0.1, 0.15) is 5.56 Å². The standard InChI is InChI=1S/C13H8Cl2F2N2O2/c14-10-2-1-9(19(20)21)3-7(10)6-18-13-11(15)4-8(16)5-12(13)17/h1-5,18H,6H2. The molecule has 0 atom stereocenters. The van der Waals surface area contributed by atoms with Crippen molar-refractivity contribution in [3.8, 4) is 0 Å². The second kappa shape index (κ2) is 6.24. The van der Waals surface area contributed by atoms with Gasteiger partial charge in [-0.15, -0.1) is 0 Å². The third-order valence-electron chi connectivity index (χ3n) is 2.70. The first kappa shape index (κ1) is 15.5. The molecule has 0 spiro atoms. The number of halogens is 4. The Kier molecular flexibility index (Phi) is 4.59. The molecule has 110 valence electrons. The second-order valence-corrected chi connectivity index (χ2v) is 4.95. The maximum absolute atomic E-state index is 13.6. The van der Waals surface area contributed by atoms with Crippen LogP contribution >= 0.6 is 23.2 Å². The minimum absolute atomic E-state index is 0.00276. The van der Waals surface area contributed by atoms with Crippen molar-refractivity contribution in [3.63, 3.8) is 0 Å². The average molecular weight is 333 g/mol. The van der Waals surface area contributed by atoms with Crippen molar-refractivity contribution in [2.75, 3.05) is 5.32 Å². The molecule has 2 aromatic carbocycles. The molecule has 0 radical (unpaired) electrons. The first-order valence-corrected chi connectivity index (χ1v) is 6.45. The Labute approximate surface area is 128 Å². The van der Waals surface area contributed by atoms with Crippen LogP contribution in [-0.2, 0) is 6.54 Å². The molecule has 0 bridgehead atoms. The van der Waals surface area contributed by atoms with Crippen LogP contribution in [-0.4, -0.2) is 4.92 Å². The molecule has 0 aliphatic carbocycles. The lowest BCUT2D eigenvalue weighted by Crippen LogP contribution is -2.04. The van der Waals surface area contributed by atoms with E-state index < -0.39 is 16.6 Å². The molecule has 0 amide bonds. The Balaban J connectivity index is 2.24. The number of nitro benzene ring substituents is 1. The van der Waals surface area contributed by atoms with Gasteiger partial charge in [0.15, 0.2) is 5.82 Å². The zero-order valence-corrected chi connectivity index (χ0v) is 11.9. The molecule has 0 saturated carbocycles. The van der Waals surface area contributed by atoms with Crippen LogP contribution < -0.4 is 5.32 Å². The molecule has 0 fully saturated rings. The van der Waals surface area contributed by atoms with Gasteiger partial charge in [-0.25, -0.2) is 8.78 Å². The van der Waals surface area contributed by atoms with Crippen molar-refractivity contribution < 1.29 is 13.7 Å². The van der Waals surface area contributed by atoms with Crippen molar-refractivity contribution in [1.82, 2.24) is 0 Å². The van der Waals surface area contributed by atoms with E-state index in [4.69, 9.17) is 23.2 Å². The predicted molar refractivity (Wildman–Crippen MR) is 76.8 cm³/mol. The van der Waals surface area contributed by atoms with E-state index in [0.29, 0.717) is 11.6 Å². The number of hydrogen-bond acceptors (Lipinski definition) is 3. The van der Waals surface area contributed by atoms with Gasteiger partial charge in [0, 0.05) is 29.8 Å². The summed E-state index contributed by atoms with van der Waals surface area (Å²) in [5.74, 6) is -1.65. The van der Waals surface area contributed by atoms with Crippen molar-refractivity contribution in [2.24, 2.45) is 0 Å². The molecule has 0 aromatic heterocycles. The fourth-order valence-electron chi connectivity index (χ4n) is 1.70. The fraction of sp³-hybridized carbons (Fsp3) is 0.0769. The average Bonchev–Trinajstić information content (AvgIpc) is 2.39. The maximum Gasteiger partial charge on any atom is 0.269 e. The van der Waals surface area contributed by atoms with Crippen molar-refractivity contribution in [1.29, 1.82) is 0 Å². The summed E-state index contributed by atoms with van der Waals surface area (Å²) in [6.45, 7) is 0.00276. The van der Waals surface area contributed by atoms with Gasteiger partial charge in [-0.1, -0.05) is 23.2 Å². The van der Waals surface area contributed by atoms with E-state index in [9.17, 15) is 18.9 Å². The van der Waals surface area contributed by atoms with E-state index in [2.05, 4.69) is 5.32 Å². The zero-order chi connectivity index (χ0) is 15.6. The Bertz CT molecular complexity index is 688. The zero-order valence-electron chi connectivity index (χ0n) is 10.4. The molecule has 0 aliphatic rings. The van der Waals surface area contributed by atoms with E-state index in [1.807, 2.05) is 0 Å². The molecule has 0 unspecified atom stereocenters. The van der Waals surface area contributed by atoms with Crippen LogP contribution in [0.2, 0.25) is 10.0 Å². The largest absolute Gasteiger partial charge is 0.377 e. The lowest BCUT2D eigenvalue weighted by molar-refractivity contribution is -0.384. The van der Waals surface area contributed by atoms with Gasteiger partial charge in [-0.2, -0.15) is 0 Å². The first-order valence-electron chi connectivity index (χ1n) is 5.69. The Morgan fingerprint density at radius 2 is 1.86 bits per heavy atom. The summed E-state index contributed by atoms with van der Waals surface area (Å²) in [7, 11) is 0. The number of hydrogen-bond donors (Lipinski definition) is 1. The third kappa shape index (κ3) is 3.59. The summed E-state index contributed by atoms with van der Waals surface area (Å²) >= 11 is 11.7. The molecule has 4 nitrogen and oxygen atoms in total. The summed E-state index contributed by atoms with van der Waals surface area (Å²) in [6, 6.07) is 5.55. The topological polar surface area (TPSA) is 55.2 Å². The number of nitrogens with one attached hydrogen (secondary N) is 1. The molecular weight excluding hydrogens is 325 g/mol. The molecule has 2 aromatic rings. The number of benzene rings is 2. The molecule has 8 heteroatoms. The maximum atomic E-state index is 13.6. The molecule has 2 rings (SSSR count). The highest BCUT2D eigenvalue weighted by Crippen LogP contribution is 2.28. The van der Waals surface area contributed by atoms with Gasteiger partial charge in [0.05, 0.1) is 15.6 Å². The van der Waals surface area contributed by atoms with E-state index in [-0.39, 0.29) is 28.0 Å². The minimum Gasteiger partial charge on any atom is -0.377 e. The van der Waals surface area contributed by atoms with Gasteiger partial charge >= 0.3 is 0 Å². The molecule has 21 heavy (non-hydrogen) atoms. The van der Waals surface area contributed by atoms with Crippen molar-refractivity contribution in [3.05, 3.63) is 67.7 Å². The summed E-state index contributed by atoms with van der Waals surface area (Å²) in [6.07, 6.45) is 0. The van der Waals surface area contributed by atoms with Gasteiger partial charge in [0.2, 0.25) is 0 Å². The van der Waals surface area contributed by atoms with Crippen molar-refractivity contribution in [2.45, 2.75) is 6.54 Å². The lowest BCUT2D eigenvalue weighted by Gasteiger charge is -2.11. The quantitative estimate of drug-likeness (QED) is 0.646. The highest BCUT2D eigenvalue weighted by atomic mass is 35.5. The molecule has 0 aliphatic heterocycles. The van der Waals surface area contributed by atoms with Gasteiger partial charge in [-0.3, -0.25) is 10.1 Å². The third-order valence-corrected chi connectivity index (χ3v) is 3.37. The van der Waals surface area contributed by atoms with Crippen LogP contribution in [0.15, 0.2) is 30.3 Å². The lowest BCUT2D eigenvalue weighted by atomic mass is 10.2. The predicted octanol–water partition coefficient (Wildman–Crippen LogP) is 4.79. The molecule has 0 heterocycles. The van der Waals surface area contributed by atoms with Gasteiger partial charge in [-0.05, 0) is 17.7 Å². The smallest absolute Gasteiger partial charge is 0.269 e. The summed E-state index contributed by atoms with van der Waals surface area (Å²) in [4.78, 5) is 10.1. The SMILES string of the molecule is O=[N+]([O-])c1ccc(Cl)c(CNc2c(F)cc(F)cc2Cl)c1. The fourth-order valence-corrected chi connectivity index (χ4v) is 2.15. The van der Waals surface area contributed by atoms with Crippen LogP contribution in [0, 0.1) is 21.7 Å². The highest BCUT2D eigenvalue weighted by molar-refractivity contribution is 6.33. The summed E-state index contributed by atoms with van der Waals surface area (Å²) < 4.78 is 26.5.